The number of carbonyl (C=O) groups excluding carboxylic acids is 2. The van der Waals surface area contributed by atoms with Gasteiger partial charge in [0, 0.05) is 30.4 Å². The molecule has 2 N–H and O–H groups in total. The molecule has 2 amide bonds. The number of hydrogen-bond acceptors (Lipinski definition) is 2. The van der Waals surface area contributed by atoms with E-state index in [-0.39, 0.29) is 18.4 Å². The zero-order valence-corrected chi connectivity index (χ0v) is 13.2. The molecule has 3 aromatic rings. The van der Waals surface area contributed by atoms with Gasteiger partial charge in [-0.2, -0.15) is 0 Å². The minimum atomic E-state index is -0.248. The van der Waals surface area contributed by atoms with E-state index in [1.807, 2.05) is 24.4 Å². The fraction of sp³-hybridized carbons (Fsp3) is 0.158. The highest BCUT2D eigenvalue weighted by Crippen LogP contribution is 2.14. The van der Waals surface area contributed by atoms with Gasteiger partial charge in [0.2, 0.25) is 5.91 Å². The molecule has 5 nitrogen and oxygen atoms in total. The number of aromatic nitrogens is 1. The lowest BCUT2D eigenvalue weighted by Crippen LogP contribution is -2.38. The van der Waals surface area contributed by atoms with Gasteiger partial charge in [-0.3, -0.25) is 9.59 Å². The van der Waals surface area contributed by atoms with Crippen molar-refractivity contribution in [3.8, 4) is 0 Å². The van der Waals surface area contributed by atoms with Gasteiger partial charge in [-0.25, -0.2) is 0 Å². The maximum atomic E-state index is 11.9. The molecule has 0 atom stereocenters. The maximum Gasteiger partial charge on any atom is 0.251 e. The van der Waals surface area contributed by atoms with E-state index in [9.17, 15) is 9.59 Å². The van der Waals surface area contributed by atoms with E-state index in [2.05, 4.69) is 33.4 Å². The number of hydrogen-bond donors (Lipinski definition) is 2. The molecular weight excluding hydrogens is 302 g/mol. The Morgan fingerprint density at radius 1 is 0.875 bits per heavy atom. The molecule has 0 spiro atoms. The Kier molecular flexibility index (Phi) is 4.91. The lowest BCUT2D eigenvalue weighted by Gasteiger charge is -2.08. The normalized spacial score (nSPS) is 10.5. The second kappa shape index (κ2) is 7.46. The van der Waals surface area contributed by atoms with E-state index < -0.39 is 0 Å². The lowest BCUT2D eigenvalue weighted by atomic mass is 10.2. The first-order chi connectivity index (χ1) is 11.7. The van der Waals surface area contributed by atoms with Gasteiger partial charge in [0.15, 0.2) is 0 Å². The first-order valence-corrected chi connectivity index (χ1v) is 7.88. The van der Waals surface area contributed by atoms with E-state index in [0.717, 1.165) is 5.52 Å². The molecule has 0 unspecified atom stereocenters. The Bertz CT molecular complexity index is 840. The highest BCUT2D eigenvalue weighted by Gasteiger charge is 2.07. The summed E-state index contributed by atoms with van der Waals surface area (Å²) in [6.07, 6.45) is 2.01. The Labute approximate surface area is 140 Å². The van der Waals surface area contributed by atoms with Crippen LogP contribution in [0, 0.1) is 0 Å². The number of benzene rings is 2. The number of para-hydroxylation sites is 1. The van der Waals surface area contributed by atoms with Crippen LogP contribution in [0.25, 0.3) is 10.9 Å². The standard InChI is InChI=1S/C19H19N3O2/c23-18(14-21-19(24)16-7-2-1-3-8-16)20-11-13-22-12-10-15-6-4-5-9-17(15)22/h1-10,12H,11,13-14H2,(H,20,23)(H,21,24). The topological polar surface area (TPSA) is 63.1 Å². The summed E-state index contributed by atoms with van der Waals surface area (Å²) in [5.74, 6) is -0.446. The molecule has 122 valence electrons. The van der Waals surface area contributed by atoms with Crippen molar-refractivity contribution in [3.05, 3.63) is 72.4 Å². The summed E-state index contributed by atoms with van der Waals surface area (Å²) >= 11 is 0. The monoisotopic (exact) mass is 321 g/mol. The van der Waals surface area contributed by atoms with Gasteiger partial charge in [0.1, 0.15) is 0 Å². The van der Waals surface area contributed by atoms with E-state index in [4.69, 9.17) is 0 Å². The van der Waals surface area contributed by atoms with Crippen molar-refractivity contribution >= 4 is 22.7 Å². The molecular formula is C19H19N3O2. The predicted molar refractivity (Wildman–Crippen MR) is 93.7 cm³/mol. The molecule has 0 saturated carbocycles. The summed E-state index contributed by atoms with van der Waals surface area (Å²) in [6.45, 7) is 1.17. The molecule has 0 fully saturated rings. The van der Waals surface area contributed by atoms with Crippen molar-refractivity contribution in [1.29, 1.82) is 0 Å². The molecule has 0 saturated heterocycles. The Balaban J connectivity index is 1.44. The largest absolute Gasteiger partial charge is 0.353 e. The van der Waals surface area contributed by atoms with Crippen molar-refractivity contribution in [3.63, 3.8) is 0 Å². The first-order valence-electron chi connectivity index (χ1n) is 7.88. The van der Waals surface area contributed by atoms with Gasteiger partial charge >= 0.3 is 0 Å². The van der Waals surface area contributed by atoms with Gasteiger partial charge in [-0.05, 0) is 29.7 Å². The number of rotatable bonds is 6. The third-order valence-electron chi connectivity index (χ3n) is 3.80. The van der Waals surface area contributed by atoms with Crippen LogP contribution in [0.5, 0.6) is 0 Å². The van der Waals surface area contributed by atoms with Crippen molar-refractivity contribution < 1.29 is 9.59 Å². The molecule has 3 rings (SSSR count). The third-order valence-corrected chi connectivity index (χ3v) is 3.80. The molecule has 0 aliphatic rings. The third kappa shape index (κ3) is 3.81. The fourth-order valence-corrected chi connectivity index (χ4v) is 2.57. The summed E-state index contributed by atoms with van der Waals surface area (Å²) in [6, 6.07) is 19.0. The minimum Gasteiger partial charge on any atom is -0.353 e. The van der Waals surface area contributed by atoms with Gasteiger partial charge < -0.3 is 15.2 Å². The van der Waals surface area contributed by atoms with Crippen molar-refractivity contribution in [2.45, 2.75) is 6.54 Å². The van der Waals surface area contributed by atoms with Crippen LogP contribution in [-0.4, -0.2) is 29.5 Å². The second-order valence-corrected chi connectivity index (χ2v) is 5.47. The second-order valence-electron chi connectivity index (χ2n) is 5.47. The highest BCUT2D eigenvalue weighted by molar-refractivity contribution is 5.96. The van der Waals surface area contributed by atoms with Gasteiger partial charge in [-0.1, -0.05) is 36.4 Å². The van der Waals surface area contributed by atoms with E-state index in [0.29, 0.717) is 18.7 Å². The summed E-state index contributed by atoms with van der Waals surface area (Å²) < 4.78 is 2.10. The zero-order chi connectivity index (χ0) is 16.8. The highest BCUT2D eigenvalue weighted by atomic mass is 16.2. The Hall–Kier alpha value is -3.08. The molecule has 0 aliphatic carbocycles. The van der Waals surface area contributed by atoms with Crippen LogP contribution in [0.3, 0.4) is 0 Å². The van der Waals surface area contributed by atoms with Gasteiger partial charge in [0.25, 0.3) is 5.91 Å². The summed E-state index contributed by atoms with van der Waals surface area (Å²) in [5.41, 5.74) is 1.69. The maximum absolute atomic E-state index is 11.9. The Morgan fingerprint density at radius 3 is 2.46 bits per heavy atom. The smallest absolute Gasteiger partial charge is 0.251 e. The van der Waals surface area contributed by atoms with Crippen molar-refractivity contribution in [2.75, 3.05) is 13.1 Å². The van der Waals surface area contributed by atoms with Crippen LogP contribution in [0.2, 0.25) is 0 Å². The van der Waals surface area contributed by atoms with E-state index >= 15 is 0 Å². The molecule has 0 aliphatic heterocycles. The minimum absolute atomic E-state index is 0.0276. The SMILES string of the molecule is O=C(CNC(=O)c1ccccc1)NCCn1ccc2ccccc21. The van der Waals surface area contributed by atoms with Crippen LogP contribution in [0.1, 0.15) is 10.4 Å². The number of nitrogens with one attached hydrogen (secondary N) is 2. The zero-order valence-electron chi connectivity index (χ0n) is 13.2. The number of nitrogens with zero attached hydrogens (tertiary/aromatic N) is 1. The van der Waals surface area contributed by atoms with Crippen LogP contribution >= 0.6 is 0 Å². The van der Waals surface area contributed by atoms with Gasteiger partial charge in [-0.15, -0.1) is 0 Å². The van der Waals surface area contributed by atoms with Gasteiger partial charge in [0.05, 0.1) is 6.54 Å². The summed E-state index contributed by atoms with van der Waals surface area (Å²) in [5, 5.41) is 6.61. The molecule has 0 bridgehead atoms. The number of fused-ring (bicyclic) bond motifs is 1. The van der Waals surface area contributed by atoms with Crippen LogP contribution in [0.15, 0.2) is 66.9 Å². The van der Waals surface area contributed by atoms with Crippen LogP contribution < -0.4 is 10.6 Å². The molecule has 1 heterocycles. The number of amides is 2. The first kappa shape index (κ1) is 15.8. The summed E-state index contributed by atoms with van der Waals surface area (Å²) in [7, 11) is 0. The molecule has 24 heavy (non-hydrogen) atoms. The van der Waals surface area contributed by atoms with Crippen molar-refractivity contribution in [1.82, 2.24) is 15.2 Å². The Morgan fingerprint density at radius 2 is 1.62 bits per heavy atom. The van der Waals surface area contributed by atoms with E-state index in [1.165, 1.54) is 5.39 Å². The average molecular weight is 321 g/mol. The summed E-state index contributed by atoms with van der Waals surface area (Å²) in [4.78, 5) is 23.7. The fourth-order valence-electron chi connectivity index (χ4n) is 2.57. The van der Waals surface area contributed by atoms with Crippen LogP contribution in [0.4, 0.5) is 0 Å². The molecule has 2 aromatic carbocycles. The quantitative estimate of drug-likeness (QED) is 0.731. The molecule has 1 aromatic heterocycles. The van der Waals surface area contributed by atoms with Crippen molar-refractivity contribution in [2.24, 2.45) is 0 Å². The number of carbonyl (C=O) groups is 2. The molecule has 5 heteroatoms. The predicted octanol–water partition coefficient (Wildman–Crippen LogP) is 2.19. The van der Waals surface area contributed by atoms with E-state index in [1.54, 1.807) is 24.3 Å². The average Bonchev–Trinajstić information content (AvgIpc) is 3.04. The lowest BCUT2D eigenvalue weighted by molar-refractivity contribution is -0.120. The molecule has 0 radical (unpaired) electrons. The van der Waals surface area contributed by atoms with Crippen LogP contribution in [-0.2, 0) is 11.3 Å².